The second kappa shape index (κ2) is 13.4. The summed E-state index contributed by atoms with van der Waals surface area (Å²) in [5.41, 5.74) is 0.877. The number of rotatable bonds is 12. The second-order valence-electron chi connectivity index (χ2n) is 8.05. The lowest BCUT2D eigenvalue weighted by Gasteiger charge is -2.30. The van der Waals surface area contributed by atoms with Crippen LogP contribution < -0.4 is 14.4 Å². The molecule has 36 heavy (non-hydrogen) atoms. The van der Waals surface area contributed by atoms with Gasteiger partial charge in [0, 0.05) is 41.7 Å². The SMILES string of the molecule is CCNC(=O)[C@@H](C)N(Cc1c(Cl)cccc1Cl)C(=O)CCCN(c1ccc(OC)c(Cl)c1)S(C)(=O)=O. The number of amides is 2. The maximum atomic E-state index is 13.3. The van der Waals surface area contributed by atoms with Crippen molar-refractivity contribution in [3.63, 3.8) is 0 Å². The van der Waals surface area contributed by atoms with Crippen LogP contribution in [-0.2, 0) is 26.2 Å². The maximum Gasteiger partial charge on any atom is 0.242 e. The van der Waals surface area contributed by atoms with Gasteiger partial charge in [-0.15, -0.1) is 0 Å². The smallest absolute Gasteiger partial charge is 0.242 e. The van der Waals surface area contributed by atoms with Crippen molar-refractivity contribution < 1.29 is 22.7 Å². The zero-order valence-electron chi connectivity index (χ0n) is 20.6. The first-order chi connectivity index (χ1) is 16.9. The number of benzene rings is 2. The van der Waals surface area contributed by atoms with Crippen LogP contribution in [0.1, 0.15) is 32.3 Å². The highest BCUT2D eigenvalue weighted by atomic mass is 35.5. The van der Waals surface area contributed by atoms with Crippen LogP contribution in [0.4, 0.5) is 5.69 Å². The third kappa shape index (κ3) is 7.90. The molecule has 12 heteroatoms. The minimum absolute atomic E-state index is 0.0122. The lowest BCUT2D eigenvalue weighted by molar-refractivity contribution is -0.140. The number of hydrogen-bond donors (Lipinski definition) is 1. The molecule has 0 bridgehead atoms. The van der Waals surface area contributed by atoms with Crippen molar-refractivity contribution in [2.45, 2.75) is 39.3 Å². The Morgan fingerprint density at radius 2 is 1.72 bits per heavy atom. The number of methoxy groups -OCH3 is 1. The Kier molecular flexibility index (Phi) is 11.2. The van der Waals surface area contributed by atoms with E-state index in [1.807, 2.05) is 0 Å². The molecular weight excluding hydrogens is 549 g/mol. The van der Waals surface area contributed by atoms with Gasteiger partial charge < -0.3 is 15.0 Å². The Morgan fingerprint density at radius 1 is 1.08 bits per heavy atom. The number of likely N-dealkylation sites (N-methyl/N-ethyl adjacent to an activating group) is 1. The van der Waals surface area contributed by atoms with Crippen LogP contribution in [0.5, 0.6) is 5.75 Å². The lowest BCUT2D eigenvalue weighted by atomic mass is 10.1. The summed E-state index contributed by atoms with van der Waals surface area (Å²) in [6.45, 7) is 3.87. The summed E-state index contributed by atoms with van der Waals surface area (Å²) in [5.74, 6) is -0.247. The summed E-state index contributed by atoms with van der Waals surface area (Å²) in [5, 5.41) is 3.73. The minimum atomic E-state index is -3.66. The van der Waals surface area contributed by atoms with E-state index >= 15 is 0 Å². The number of sulfonamides is 1. The molecule has 0 saturated carbocycles. The summed E-state index contributed by atoms with van der Waals surface area (Å²) in [6.07, 6.45) is 1.27. The van der Waals surface area contributed by atoms with Crippen LogP contribution in [0.2, 0.25) is 15.1 Å². The van der Waals surface area contributed by atoms with Crippen molar-refractivity contribution in [2.75, 3.05) is 30.8 Å². The van der Waals surface area contributed by atoms with E-state index in [0.29, 0.717) is 33.6 Å². The average molecular weight is 579 g/mol. The van der Waals surface area contributed by atoms with Gasteiger partial charge in [0.25, 0.3) is 0 Å². The summed E-state index contributed by atoms with van der Waals surface area (Å²) in [6, 6.07) is 8.86. The molecule has 0 aliphatic rings. The van der Waals surface area contributed by atoms with Gasteiger partial charge in [0.05, 0.1) is 24.1 Å². The molecule has 1 atom stereocenters. The predicted octanol–water partition coefficient (Wildman–Crippen LogP) is 4.76. The Bertz CT molecular complexity index is 1170. The molecule has 2 aromatic carbocycles. The summed E-state index contributed by atoms with van der Waals surface area (Å²) in [4.78, 5) is 27.2. The number of nitrogens with one attached hydrogen (secondary N) is 1. The number of halogens is 3. The monoisotopic (exact) mass is 577 g/mol. The Balaban J connectivity index is 2.23. The van der Waals surface area contributed by atoms with E-state index in [4.69, 9.17) is 39.5 Å². The van der Waals surface area contributed by atoms with Crippen LogP contribution >= 0.6 is 34.8 Å². The molecule has 2 aromatic rings. The van der Waals surface area contributed by atoms with Crippen LogP contribution in [0.25, 0.3) is 0 Å². The van der Waals surface area contributed by atoms with Crippen molar-refractivity contribution in [3.05, 3.63) is 57.0 Å². The Hall–Kier alpha value is -2.20. The summed E-state index contributed by atoms with van der Waals surface area (Å²) >= 11 is 18.8. The summed E-state index contributed by atoms with van der Waals surface area (Å²) < 4.78 is 31.2. The third-order valence-electron chi connectivity index (χ3n) is 5.48. The molecule has 0 saturated heterocycles. The van der Waals surface area contributed by atoms with Gasteiger partial charge in [0.2, 0.25) is 21.8 Å². The Labute approximate surface area is 227 Å². The first-order valence-corrected chi connectivity index (χ1v) is 14.2. The molecule has 0 aliphatic carbocycles. The minimum Gasteiger partial charge on any atom is -0.495 e. The average Bonchev–Trinajstić information content (AvgIpc) is 2.80. The number of anilines is 1. The molecule has 0 fully saturated rings. The highest BCUT2D eigenvalue weighted by molar-refractivity contribution is 7.92. The standard InChI is InChI=1S/C24H30Cl3N3O5S/c1-5-28-24(32)16(2)29(15-18-19(25)8-6-9-20(18)26)23(31)10-7-13-30(36(4,33)34)17-11-12-22(35-3)21(27)14-17/h6,8-9,11-12,14,16H,5,7,10,13,15H2,1-4H3,(H,28,32)/t16-/m1/s1. The highest BCUT2D eigenvalue weighted by Gasteiger charge is 2.27. The van der Waals surface area contributed by atoms with E-state index in [1.54, 1.807) is 44.2 Å². The maximum absolute atomic E-state index is 13.3. The van der Waals surface area contributed by atoms with Gasteiger partial charge in [0.15, 0.2) is 0 Å². The number of ether oxygens (including phenoxy) is 1. The molecule has 2 amide bonds. The molecule has 0 heterocycles. The normalized spacial score (nSPS) is 12.1. The predicted molar refractivity (Wildman–Crippen MR) is 145 cm³/mol. The van der Waals surface area contributed by atoms with Crippen LogP contribution in [0, 0.1) is 0 Å². The topological polar surface area (TPSA) is 96.0 Å². The van der Waals surface area contributed by atoms with Gasteiger partial charge in [-0.25, -0.2) is 8.42 Å². The molecule has 0 spiro atoms. The van der Waals surface area contributed by atoms with Gasteiger partial charge in [-0.2, -0.15) is 0 Å². The van der Waals surface area contributed by atoms with Gasteiger partial charge in [-0.1, -0.05) is 40.9 Å². The van der Waals surface area contributed by atoms with E-state index in [2.05, 4.69) is 5.32 Å². The quantitative estimate of drug-likeness (QED) is 0.392. The molecular formula is C24H30Cl3N3O5S. The lowest BCUT2D eigenvalue weighted by Crippen LogP contribution is -2.47. The van der Waals surface area contributed by atoms with Gasteiger partial charge >= 0.3 is 0 Å². The number of nitrogens with zero attached hydrogens (tertiary/aromatic N) is 2. The van der Waals surface area contributed by atoms with Crippen molar-refractivity contribution in [1.29, 1.82) is 0 Å². The molecule has 0 unspecified atom stereocenters. The molecule has 1 N–H and O–H groups in total. The zero-order valence-corrected chi connectivity index (χ0v) is 23.6. The van der Waals surface area contributed by atoms with Crippen molar-refractivity contribution in [3.8, 4) is 5.75 Å². The fourth-order valence-corrected chi connectivity index (χ4v) is 5.30. The molecule has 2 rings (SSSR count). The third-order valence-corrected chi connectivity index (χ3v) is 7.68. The number of carbonyl (C=O) groups excluding carboxylic acids is 2. The van der Waals surface area contributed by atoms with Gasteiger partial charge in [0.1, 0.15) is 11.8 Å². The van der Waals surface area contributed by atoms with E-state index < -0.39 is 16.1 Å². The first-order valence-electron chi connectivity index (χ1n) is 11.2. The first kappa shape index (κ1) is 30.0. The van der Waals surface area contributed by atoms with E-state index in [9.17, 15) is 18.0 Å². The fourth-order valence-electron chi connectivity index (χ4n) is 3.57. The van der Waals surface area contributed by atoms with E-state index in [-0.39, 0.29) is 42.8 Å². The molecule has 198 valence electrons. The van der Waals surface area contributed by atoms with Crippen LogP contribution in [0.15, 0.2) is 36.4 Å². The fraction of sp³-hybridized carbons (Fsp3) is 0.417. The van der Waals surface area contributed by atoms with Crippen LogP contribution in [-0.4, -0.2) is 57.6 Å². The van der Waals surface area contributed by atoms with Crippen molar-refractivity contribution in [2.24, 2.45) is 0 Å². The van der Waals surface area contributed by atoms with Crippen LogP contribution in [0.3, 0.4) is 0 Å². The van der Waals surface area contributed by atoms with Crippen molar-refractivity contribution >= 4 is 62.3 Å². The molecule has 8 nitrogen and oxygen atoms in total. The van der Waals surface area contributed by atoms with Crippen molar-refractivity contribution in [1.82, 2.24) is 10.2 Å². The molecule has 0 radical (unpaired) electrons. The van der Waals surface area contributed by atoms with E-state index in [1.165, 1.54) is 22.4 Å². The number of carbonyl (C=O) groups is 2. The van der Waals surface area contributed by atoms with E-state index in [0.717, 1.165) is 6.26 Å². The molecule has 0 aliphatic heterocycles. The summed E-state index contributed by atoms with van der Waals surface area (Å²) in [7, 11) is -2.20. The zero-order chi connectivity index (χ0) is 27.0. The number of hydrogen-bond acceptors (Lipinski definition) is 5. The van der Waals surface area contributed by atoms with Gasteiger partial charge in [-0.3, -0.25) is 13.9 Å². The molecule has 0 aromatic heterocycles. The van der Waals surface area contributed by atoms with Gasteiger partial charge in [-0.05, 0) is 50.6 Å². The Morgan fingerprint density at radius 3 is 2.25 bits per heavy atom. The largest absolute Gasteiger partial charge is 0.495 e. The second-order valence-corrected chi connectivity index (χ2v) is 11.2. The highest BCUT2D eigenvalue weighted by Crippen LogP contribution is 2.31.